The normalized spacial score (nSPS) is 33.2. The Kier molecular flexibility index (Phi) is 3.94. The first-order valence-electron chi connectivity index (χ1n) is 6.85. The fourth-order valence-corrected chi connectivity index (χ4v) is 2.74. The molecule has 5 heteroatoms. The van der Waals surface area contributed by atoms with E-state index in [4.69, 9.17) is 10.5 Å². The topological polar surface area (TPSA) is 67.6 Å². The summed E-state index contributed by atoms with van der Waals surface area (Å²) in [7, 11) is 0. The van der Waals surface area contributed by atoms with Gasteiger partial charge in [0, 0.05) is 12.6 Å². The minimum absolute atomic E-state index is 0.138. The average Bonchev–Trinajstić information content (AvgIpc) is 2.69. The van der Waals surface area contributed by atoms with Crippen molar-refractivity contribution in [2.45, 2.75) is 57.7 Å². The zero-order valence-electron chi connectivity index (χ0n) is 11.6. The molecule has 0 radical (unpaired) electrons. The van der Waals surface area contributed by atoms with Gasteiger partial charge in [0.2, 0.25) is 0 Å². The van der Waals surface area contributed by atoms with Crippen LogP contribution in [0.15, 0.2) is 0 Å². The Hall–Kier alpha value is -0.650. The van der Waals surface area contributed by atoms with Crippen LogP contribution in [0.25, 0.3) is 0 Å². The highest BCUT2D eigenvalue weighted by molar-refractivity contribution is 5.76. The minimum atomic E-state index is -0.415. The Labute approximate surface area is 109 Å². The zero-order valence-corrected chi connectivity index (χ0v) is 11.6. The van der Waals surface area contributed by atoms with Crippen molar-refractivity contribution in [3.05, 3.63) is 0 Å². The maximum atomic E-state index is 12.0. The summed E-state index contributed by atoms with van der Waals surface area (Å²) in [4.78, 5) is 12.0. The third kappa shape index (κ3) is 3.22. The van der Waals surface area contributed by atoms with Crippen LogP contribution in [0.4, 0.5) is 0 Å². The molecule has 0 aliphatic carbocycles. The number of fused-ring (bicyclic) bond motifs is 1. The van der Waals surface area contributed by atoms with E-state index < -0.39 is 5.60 Å². The van der Waals surface area contributed by atoms with Crippen molar-refractivity contribution in [1.82, 2.24) is 10.4 Å². The summed E-state index contributed by atoms with van der Waals surface area (Å²) in [5.41, 5.74) is 8.59. The van der Waals surface area contributed by atoms with Crippen molar-refractivity contribution < 1.29 is 9.53 Å². The number of rotatable bonds is 2. The van der Waals surface area contributed by atoms with Crippen LogP contribution >= 0.6 is 0 Å². The predicted molar refractivity (Wildman–Crippen MR) is 69.7 cm³/mol. The van der Waals surface area contributed by atoms with Gasteiger partial charge in [-0.3, -0.25) is 4.79 Å². The molecule has 0 spiro atoms. The summed E-state index contributed by atoms with van der Waals surface area (Å²) in [6.45, 7) is 7.37. The van der Waals surface area contributed by atoms with Crippen LogP contribution in [0.5, 0.6) is 0 Å². The summed E-state index contributed by atoms with van der Waals surface area (Å²) in [6, 6.07) is 0.274. The van der Waals surface area contributed by atoms with E-state index in [-0.39, 0.29) is 12.0 Å². The van der Waals surface area contributed by atoms with Crippen LogP contribution in [0.2, 0.25) is 0 Å². The molecule has 18 heavy (non-hydrogen) atoms. The molecule has 3 N–H and O–H groups in total. The molecule has 104 valence electrons. The van der Waals surface area contributed by atoms with Crippen LogP contribution in [0.3, 0.4) is 0 Å². The van der Waals surface area contributed by atoms with Crippen LogP contribution in [0.1, 0.15) is 40.0 Å². The Morgan fingerprint density at radius 3 is 2.78 bits per heavy atom. The maximum absolute atomic E-state index is 12.0. The van der Waals surface area contributed by atoms with Crippen molar-refractivity contribution in [3.63, 3.8) is 0 Å². The van der Waals surface area contributed by atoms with Gasteiger partial charge in [0.25, 0.3) is 0 Å². The quantitative estimate of drug-likeness (QED) is 0.709. The van der Waals surface area contributed by atoms with Crippen LogP contribution in [-0.2, 0) is 9.53 Å². The van der Waals surface area contributed by atoms with E-state index >= 15 is 0 Å². The first kappa shape index (κ1) is 13.8. The highest BCUT2D eigenvalue weighted by atomic mass is 16.6. The minimum Gasteiger partial charge on any atom is -0.459 e. The van der Waals surface area contributed by atoms with Gasteiger partial charge in [-0.1, -0.05) is 0 Å². The zero-order chi connectivity index (χ0) is 13.3. The van der Waals surface area contributed by atoms with Crippen LogP contribution < -0.4 is 11.2 Å². The Balaban J connectivity index is 1.90. The van der Waals surface area contributed by atoms with Gasteiger partial charge in [0.15, 0.2) is 0 Å². The lowest BCUT2D eigenvalue weighted by molar-refractivity contribution is -0.157. The molecule has 0 aromatic heterocycles. The number of esters is 1. The third-order valence-corrected chi connectivity index (χ3v) is 3.66. The fourth-order valence-electron chi connectivity index (χ4n) is 2.74. The molecule has 0 amide bonds. The Morgan fingerprint density at radius 2 is 2.17 bits per heavy atom. The lowest BCUT2D eigenvalue weighted by Crippen LogP contribution is -2.48. The molecule has 3 unspecified atom stereocenters. The highest BCUT2D eigenvalue weighted by Gasteiger charge is 2.40. The average molecular weight is 255 g/mol. The van der Waals surface area contributed by atoms with E-state index in [0.717, 1.165) is 25.9 Å². The molecule has 5 nitrogen and oxygen atoms in total. The van der Waals surface area contributed by atoms with Crippen molar-refractivity contribution in [2.24, 2.45) is 11.7 Å². The molecule has 0 aromatic carbocycles. The first-order valence-corrected chi connectivity index (χ1v) is 6.85. The number of hydrogen-bond donors (Lipinski definition) is 2. The summed E-state index contributed by atoms with van der Waals surface area (Å²) in [6.07, 6.45) is 3.14. The number of piperidine rings is 1. The monoisotopic (exact) mass is 255 g/mol. The number of nitrogens with two attached hydrogens (primary N) is 1. The summed E-state index contributed by atoms with van der Waals surface area (Å²) >= 11 is 0. The number of ether oxygens (including phenoxy) is 1. The van der Waals surface area contributed by atoms with Gasteiger partial charge >= 0.3 is 5.97 Å². The molecule has 2 saturated heterocycles. The van der Waals surface area contributed by atoms with Gasteiger partial charge < -0.3 is 10.5 Å². The maximum Gasteiger partial charge on any atom is 0.325 e. The lowest BCUT2D eigenvalue weighted by atomic mass is 9.93. The second-order valence-electron chi connectivity index (χ2n) is 6.44. The third-order valence-electron chi connectivity index (χ3n) is 3.66. The lowest BCUT2D eigenvalue weighted by Gasteiger charge is -2.33. The van der Waals surface area contributed by atoms with Crippen molar-refractivity contribution in [3.8, 4) is 0 Å². The van der Waals surface area contributed by atoms with Crippen molar-refractivity contribution >= 4 is 5.97 Å². The van der Waals surface area contributed by atoms with E-state index in [1.807, 2.05) is 20.8 Å². The Morgan fingerprint density at radius 1 is 1.44 bits per heavy atom. The second kappa shape index (κ2) is 5.15. The van der Waals surface area contributed by atoms with E-state index in [1.54, 1.807) is 0 Å². The van der Waals surface area contributed by atoms with E-state index in [0.29, 0.717) is 12.0 Å². The largest absolute Gasteiger partial charge is 0.459 e. The van der Waals surface area contributed by atoms with Gasteiger partial charge in [0.1, 0.15) is 11.6 Å². The second-order valence-corrected chi connectivity index (χ2v) is 6.44. The number of nitrogens with zero attached hydrogens (tertiary/aromatic N) is 1. The smallest absolute Gasteiger partial charge is 0.325 e. The van der Waals surface area contributed by atoms with Crippen molar-refractivity contribution in [1.29, 1.82) is 0 Å². The van der Waals surface area contributed by atoms with Gasteiger partial charge in [-0.15, -0.1) is 0 Å². The van der Waals surface area contributed by atoms with Crippen LogP contribution in [0, 0.1) is 5.92 Å². The number of carbonyl (C=O) groups excluding carboxylic acids is 1. The molecule has 0 bridgehead atoms. The molecule has 0 saturated carbocycles. The van der Waals surface area contributed by atoms with Gasteiger partial charge in [0.05, 0.1) is 0 Å². The number of hydrazine groups is 1. The van der Waals surface area contributed by atoms with Gasteiger partial charge in [-0.2, -0.15) is 0 Å². The number of hydrogen-bond acceptors (Lipinski definition) is 5. The predicted octanol–water partition coefficient (Wildman–Crippen LogP) is 0.644. The summed E-state index contributed by atoms with van der Waals surface area (Å²) < 4.78 is 5.43. The molecule has 3 atom stereocenters. The standard InChI is InChI=1S/C13H25N3O2/c1-13(2,3)18-12(17)11-6-10-5-4-9(7-14)8-16(10)15-11/h9-11,15H,4-8,14H2,1-3H3. The molecule has 2 aliphatic heterocycles. The van der Waals surface area contributed by atoms with Crippen molar-refractivity contribution in [2.75, 3.05) is 13.1 Å². The summed E-state index contributed by atoms with van der Waals surface area (Å²) in [5, 5.41) is 2.19. The molecule has 2 heterocycles. The molecular formula is C13H25N3O2. The highest BCUT2D eigenvalue weighted by Crippen LogP contribution is 2.28. The van der Waals surface area contributed by atoms with Gasteiger partial charge in [-0.05, 0) is 52.5 Å². The van der Waals surface area contributed by atoms with Gasteiger partial charge in [-0.25, -0.2) is 10.4 Å². The van der Waals surface area contributed by atoms with E-state index in [9.17, 15) is 4.79 Å². The molecular weight excluding hydrogens is 230 g/mol. The molecule has 0 aromatic rings. The summed E-state index contributed by atoms with van der Waals surface area (Å²) in [5.74, 6) is 0.410. The van der Waals surface area contributed by atoms with Crippen LogP contribution in [-0.4, -0.2) is 41.8 Å². The Bertz CT molecular complexity index is 314. The first-order chi connectivity index (χ1) is 8.39. The molecule has 2 fully saturated rings. The number of nitrogens with one attached hydrogen (secondary N) is 1. The van der Waals surface area contributed by atoms with E-state index in [2.05, 4.69) is 10.4 Å². The fraction of sp³-hybridized carbons (Fsp3) is 0.923. The number of carbonyl (C=O) groups is 1. The molecule has 2 rings (SSSR count). The molecule has 2 aliphatic rings. The van der Waals surface area contributed by atoms with E-state index in [1.165, 1.54) is 6.42 Å². The SMILES string of the molecule is CC(C)(C)OC(=O)C1CC2CCC(CN)CN2N1.